The molecule has 1 unspecified atom stereocenters. The smallest absolute Gasteiger partial charge is 0.0695 e. The first kappa shape index (κ1) is 12.6. The second-order valence-electron chi connectivity index (χ2n) is 5.74. The molecule has 2 heteroatoms. The highest BCUT2D eigenvalue weighted by atomic mass is 16.3. The SMILES string of the molecule is CN(Cc1cccc2ccccc12)CC(O)C1CC1. The first-order valence-electron chi connectivity index (χ1n) is 7.07. The maximum absolute atomic E-state index is 10.0. The zero-order valence-electron chi connectivity index (χ0n) is 11.4. The molecule has 19 heavy (non-hydrogen) atoms. The molecule has 100 valence electrons. The van der Waals surface area contributed by atoms with Crippen molar-refractivity contribution in [2.75, 3.05) is 13.6 Å². The van der Waals surface area contributed by atoms with E-state index in [2.05, 4.69) is 54.4 Å². The number of hydrogen-bond acceptors (Lipinski definition) is 2. The molecule has 0 saturated heterocycles. The Bertz CT molecular complexity index is 557. The van der Waals surface area contributed by atoms with Crippen LogP contribution in [0.3, 0.4) is 0 Å². The molecule has 0 radical (unpaired) electrons. The van der Waals surface area contributed by atoms with Crippen molar-refractivity contribution in [1.82, 2.24) is 4.90 Å². The van der Waals surface area contributed by atoms with Gasteiger partial charge in [-0.3, -0.25) is 4.90 Å². The van der Waals surface area contributed by atoms with E-state index in [1.165, 1.54) is 29.2 Å². The molecular formula is C17H21NO. The maximum Gasteiger partial charge on any atom is 0.0695 e. The second kappa shape index (κ2) is 5.32. The van der Waals surface area contributed by atoms with Crippen molar-refractivity contribution < 1.29 is 5.11 Å². The van der Waals surface area contributed by atoms with E-state index in [9.17, 15) is 5.11 Å². The summed E-state index contributed by atoms with van der Waals surface area (Å²) < 4.78 is 0. The van der Waals surface area contributed by atoms with Gasteiger partial charge in [-0.2, -0.15) is 0 Å². The second-order valence-corrected chi connectivity index (χ2v) is 5.74. The molecule has 1 N–H and O–H groups in total. The average Bonchev–Trinajstić information content (AvgIpc) is 3.23. The van der Waals surface area contributed by atoms with Crippen molar-refractivity contribution in [1.29, 1.82) is 0 Å². The summed E-state index contributed by atoms with van der Waals surface area (Å²) >= 11 is 0. The van der Waals surface area contributed by atoms with E-state index in [4.69, 9.17) is 0 Å². The van der Waals surface area contributed by atoms with Crippen LogP contribution >= 0.6 is 0 Å². The van der Waals surface area contributed by atoms with Crippen molar-refractivity contribution in [3.05, 3.63) is 48.0 Å². The molecule has 0 aliphatic heterocycles. The number of fused-ring (bicyclic) bond motifs is 1. The molecule has 0 bridgehead atoms. The molecule has 2 aromatic rings. The normalized spacial score (nSPS) is 17.0. The maximum atomic E-state index is 10.0. The molecule has 1 aliphatic rings. The lowest BCUT2D eigenvalue weighted by Crippen LogP contribution is -2.30. The van der Waals surface area contributed by atoms with Crippen LogP contribution in [-0.4, -0.2) is 29.7 Å². The van der Waals surface area contributed by atoms with E-state index in [-0.39, 0.29) is 6.10 Å². The highest BCUT2D eigenvalue weighted by Gasteiger charge is 2.30. The van der Waals surface area contributed by atoms with E-state index >= 15 is 0 Å². The number of aliphatic hydroxyl groups is 1. The molecular weight excluding hydrogens is 234 g/mol. The lowest BCUT2D eigenvalue weighted by molar-refractivity contribution is 0.104. The van der Waals surface area contributed by atoms with Crippen molar-refractivity contribution in [2.24, 2.45) is 5.92 Å². The monoisotopic (exact) mass is 255 g/mol. The summed E-state index contributed by atoms with van der Waals surface area (Å²) in [4.78, 5) is 2.23. The Balaban J connectivity index is 1.73. The minimum atomic E-state index is -0.153. The van der Waals surface area contributed by atoms with Gasteiger partial charge >= 0.3 is 0 Å². The van der Waals surface area contributed by atoms with Crippen LogP contribution in [0.2, 0.25) is 0 Å². The van der Waals surface area contributed by atoms with Gasteiger partial charge in [0.25, 0.3) is 0 Å². The molecule has 1 fully saturated rings. The van der Waals surface area contributed by atoms with Crippen LogP contribution in [0.25, 0.3) is 10.8 Å². The topological polar surface area (TPSA) is 23.5 Å². The molecule has 1 atom stereocenters. The lowest BCUT2D eigenvalue weighted by atomic mass is 10.0. The molecule has 1 aliphatic carbocycles. The predicted octanol–water partition coefficient (Wildman–Crippen LogP) is 3.04. The van der Waals surface area contributed by atoms with Crippen molar-refractivity contribution in [2.45, 2.75) is 25.5 Å². The zero-order valence-corrected chi connectivity index (χ0v) is 11.4. The molecule has 1 saturated carbocycles. The third-order valence-electron chi connectivity index (χ3n) is 3.99. The Hall–Kier alpha value is -1.38. The van der Waals surface area contributed by atoms with Gasteiger partial charge in [-0.1, -0.05) is 42.5 Å². The van der Waals surface area contributed by atoms with E-state index in [1.807, 2.05) is 0 Å². The van der Waals surface area contributed by atoms with Crippen molar-refractivity contribution in [3.8, 4) is 0 Å². The molecule has 2 aromatic carbocycles. The lowest BCUT2D eigenvalue weighted by Gasteiger charge is -2.21. The summed E-state index contributed by atoms with van der Waals surface area (Å²) in [5, 5.41) is 12.6. The molecule has 0 heterocycles. The minimum absolute atomic E-state index is 0.153. The Labute approximate surface area is 114 Å². The Morgan fingerprint density at radius 2 is 1.89 bits per heavy atom. The molecule has 0 amide bonds. The quantitative estimate of drug-likeness (QED) is 0.887. The van der Waals surface area contributed by atoms with Gasteiger partial charge in [0.05, 0.1) is 6.10 Å². The fourth-order valence-corrected chi connectivity index (χ4v) is 2.74. The van der Waals surface area contributed by atoms with Gasteiger partial charge in [0.15, 0.2) is 0 Å². The Kier molecular flexibility index (Phi) is 3.54. The van der Waals surface area contributed by atoms with Crippen LogP contribution in [0.1, 0.15) is 18.4 Å². The summed E-state index contributed by atoms with van der Waals surface area (Å²) in [5.41, 5.74) is 1.34. The van der Waals surface area contributed by atoms with Crippen molar-refractivity contribution >= 4 is 10.8 Å². The summed E-state index contributed by atoms with van der Waals surface area (Å²) in [6.45, 7) is 1.67. The largest absolute Gasteiger partial charge is 0.392 e. The zero-order chi connectivity index (χ0) is 13.2. The third-order valence-corrected chi connectivity index (χ3v) is 3.99. The van der Waals surface area contributed by atoms with Crippen LogP contribution in [-0.2, 0) is 6.54 Å². The van der Waals surface area contributed by atoms with Crippen molar-refractivity contribution in [3.63, 3.8) is 0 Å². The van der Waals surface area contributed by atoms with Gasteiger partial charge in [0, 0.05) is 13.1 Å². The fraction of sp³-hybridized carbons (Fsp3) is 0.412. The van der Waals surface area contributed by atoms with Crippen LogP contribution in [0, 0.1) is 5.92 Å². The van der Waals surface area contributed by atoms with Gasteiger partial charge in [-0.15, -0.1) is 0 Å². The highest BCUT2D eigenvalue weighted by molar-refractivity contribution is 5.85. The predicted molar refractivity (Wildman–Crippen MR) is 79.0 cm³/mol. The van der Waals surface area contributed by atoms with Gasteiger partial charge in [-0.05, 0) is 42.1 Å². The first-order valence-corrected chi connectivity index (χ1v) is 7.07. The molecule has 0 spiro atoms. The van der Waals surface area contributed by atoms with Gasteiger partial charge < -0.3 is 5.11 Å². The van der Waals surface area contributed by atoms with Crippen LogP contribution < -0.4 is 0 Å². The van der Waals surface area contributed by atoms with E-state index in [0.717, 1.165) is 13.1 Å². The van der Waals surface area contributed by atoms with Gasteiger partial charge in [-0.25, -0.2) is 0 Å². The minimum Gasteiger partial charge on any atom is -0.392 e. The standard InChI is InChI=1S/C17H21NO/c1-18(12-17(19)14-9-10-14)11-15-7-4-6-13-5-2-3-8-16(13)15/h2-8,14,17,19H,9-12H2,1H3. The first-order chi connectivity index (χ1) is 9.24. The van der Waals surface area contributed by atoms with Crippen LogP contribution in [0.4, 0.5) is 0 Å². The summed E-state index contributed by atoms with van der Waals surface area (Å²) in [5.74, 6) is 0.551. The van der Waals surface area contributed by atoms with Crippen LogP contribution in [0.5, 0.6) is 0 Å². The Morgan fingerprint density at radius 1 is 1.16 bits per heavy atom. The van der Waals surface area contributed by atoms with Gasteiger partial charge in [0.2, 0.25) is 0 Å². The summed E-state index contributed by atoms with van der Waals surface area (Å²) in [6, 6.07) is 14.9. The number of aliphatic hydroxyl groups excluding tert-OH is 1. The average molecular weight is 255 g/mol. The number of likely N-dealkylation sites (N-methyl/N-ethyl adjacent to an activating group) is 1. The fourth-order valence-electron chi connectivity index (χ4n) is 2.74. The van der Waals surface area contributed by atoms with E-state index in [1.54, 1.807) is 0 Å². The summed E-state index contributed by atoms with van der Waals surface area (Å²) in [6.07, 6.45) is 2.24. The number of nitrogens with zero attached hydrogens (tertiary/aromatic N) is 1. The van der Waals surface area contributed by atoms with Crippen LogP contribution in [0.15, 0.2) is 42.5 Å². The summed E-state index contributed by atoms with van der Waals surface area (Å²) in [7, 11) is 2.09. The molecule has 0 aromatic heterocycles. The van der Waals surface area contributed by atoms with E-state index < -0.39 is 0 Å². The Morgan fingerprint density at radius 3 is 2.68 bits per heavy atom. The highest BCUT2D eigenvalue weighted by Crippen LogP contribution is 2.33. The number of rotatable bonds is 5. The van der Waals surface area contributed by atoms with E-state index in [0.29, 0.717) is 5.92 Å². The number of hydrogen-bond donors (Lipinski definition) is 1. The van der Waals surface area contributed by atoms with Gasteiger partial charge in [0.1, 0.15) is 0 Å². The number of benzene rings is 2. The molecule has 3 rings (SSSR count). The molecule has 2 nitrogen and oxygen atoms in total. The third kappa shape index (κ3) is 2.96.